The summed E-state index contributed by atoms with van der Waals surface area (Å²) in [6, 6.07) is 15.1. The lowest BCUT2D eigenvalue weighted by atomic mass is 10.2. The smallest absolute Gasteiger partial charge is 0.343 e. The van der Waals surface area contributed by atoms with Crippen molar-refractivity contribution in [1.29, 1.82) is 0 Å². The Balaban J connectivity index is 1.59. The van der Waals surface area contributed by atoms with Crippen LogP contribution in [0.3, 0.4) is 0 Å². The first kappa shape index (κ1) is 26.7. The summed E-state index contributed by atoms with van der Waals surface area (Å²) in [5.74, 6) is 0.600. The van der Waals surface area contributed by atoms with Gasteiger partial charge in [-0.2, -0.15) is 5.10 Å². The van der Waals surface area contributed by atoms with E-state index in [-0.39, 0.29) is 12.4 Å². The lowest BCUT2D eigenvalue weighted by Gasteiger charge is -2.11. The molecule has 0 aliphatic carbocycles. The molecule has 0 unspecified atom stereocenters. The second-order valence-electron chi connectivity index (χ2n) is 6.81. The Morgan fingerprint density at radius 3 is 2.37 bits per heavy atom. The molecule has 0 radical (unpaired) electrons. The summed E-state index contributed by atoms with van der Waals surface area (Å²) >= 11 is 10.2. The lowest BCUT2D eigenvalue weighted by molar-refractivity contribution is -0.123. The monoisotopic (exact) mass is 668 g/mol. The molecular weight excluding hydrogens is 652 g/mol. The maximum atomic E-state index is 12.5. The Bertz CT molecular complexity index is 1240. The molecule has 3 rings (SSSR count). The van der Waals surface area contributed by atoms with Gasteiger partial charge in [0.15, 0.2) is 18.1 Å². The van der Waals surface area contributed by atoms with Gasteiger partial charge in [-0.1, -0.05) is 22.0 Å². The van der Waals surface area contributed by atoms with Crippen molar-refractivity contribution >= 4 is 65.9 Å². The van der Waals surface area contributed by atoms with Crippen molar-refractivity contribution in [2.45, 2.75) is 0 Å². The normalized spacial score (nSPS) is 10.7. The molecule has 0 heterocycles. The number of esters is 1. The van der Waals surface area contributed by atoms with E-state index in [0.29, 0.717) is 37.3 Å². The first-order valence-electron chi connectivity index (χ1n) is 9.94. The van der Waals surface area contributed by atoms with Gasteiger partial charge >= 0.3 is 5.97 Å². The van der Waals surface area contributed by atoms with Crippen LogP contribution in [0.1, 0.15) is 15.9 Å². The average Bonchev–Trinajstić information content (AvgIpc) is 2.84. The standard InChI is InChI=1S/C24H19Br3N2O6/c1-32-17-5-3-4-15(9-17)24(31)35-20-7-6-14(8-21(20)33-2)12-28-29-22(30)13-34-23-18(26)10-16(25)11-19(23)27/h3-12H,13H2,1-2H3,(H,29,30). The number of amides is 1. The highest BCUT2D eigenvalue weighted by Gasteiger charge is 2.14. The molecule has 0 atom stereocenters. The van der Waals surface area contributed by atoms with Crippen LogP contribution in [0.15, 0.2) is 73.1 Å². The molecular formula is C24H19Br3N2O6. The molecule has 0 fully saturated rings. The number of methoxy groups -OCH3 is 2. The SMILES string of the molecule is COc1cccc(C(=O)Oc2ccc(C=NNC(=O)COc3c(Br)cc(Br)cc3Br)cc2OC)c1. The highest BCUT2D eigenvalue weighted by atomic mass is 79.9. The van der Waals surface area contributed by atoms with E-state index in [4.69, 9.17) is 18.9 Å². The topological polar surface area (TPSA) is 95.5 Å². The maximum Gasteiger partial charge on any atom is 0.343 e. The molecule has 0 saturated carbocycles. The number of hydrazone groups is 1. The molecule has 0 aromatic heterocycles. The van der Waals surface area contributed by atoms with Gasteiger partial charge in [0.2, 0.25) is 0 Å². The van der Waals surface area contributed by atoms with Crippen LogP contribution in [0.4, 0.5) is 0 Å². The molecule has 0 saturated heterocycles. The predicted molar refractivity (Wildman–Crippen MR) is 142 cm³/mol. The minimum atomic E-state index is -0.556. The first-order chi connectivity index (χ1) is 16.8. The Morgan fingerprint density at radius 1 is 0.943 bits per heavy atom. The molecule has 3 aromatic carbocycles. The third-order valence-corrected chi connectivity index (χ3v) is 6.05. The number of hydrogen-bond donors (Lipinski definition) is 1. The Kier molecular flexibility index (Phi) is 9.70. The van der Waals surface area contributed by atoms with Gasteiger partial charge in [-0.25, -0.2) is 10.2 Å². The number of nitrogens with one attached hydrogen (secondary N) is 1. The van der Waals surface area contributed by atoms with Crippen LogP contribution in [-0.2, 0) is 4.79 Å². The summed E-state index contributed by atoms with van der Waals surface area (Å²) < 4.78 is 23.7. The zero-order valence-electron chi connectivity index (χ0n) is 18.5. The second kappa shape index (κ2) is 12.7. The molecule has 0 aliphatic rings. The lowest BCUT2D eigenvalue weighted by Crippen LogP contribution is -2.24. The van der Waals surface area contributed by atoms with E-state index in [0.717, 1.165) is 4.47 Å². The van der Waals surface area contributed by atoms with E-state index in [9.17, 15) is 9.59 Å². The van der Waals surface area contributed by atoms with Crippen molar-refractivity contribution in [2.24, 2.45) is 5.10 Å². The molecule has 0 aliphatic heterocycles. The Morgan fingerprint density at radius 2 is 1.69 bits per heavy atom. The van der Waals surface area contributed by atoms with Crippen molar-refractivity contribution in [3.63, 3.8) is 0 Å². The Hall–Kier alpha value is -2.89. The van der Waals surface area contributed by atoms with E-state index in [1.807, 2.05) is 0 Å². The summed E-state index contributed by atoms with van der Waals surface area (Å²) in [7, 11) is 2.97. The zero-order valence-corrected chi connectivity index (χ0v) is 23.3. The summed E-state index contributed by atoms with van der Waals surface area (Å²) in [6.45, 7) is -0.237. The molecule has 0 spiro atoms. The van der Waals surface area contributed by atoms with Gasteiger partial charge in [0.25, 0.3) is 5.91 Å². The molecule has 11 heteroatoms. The van der Waals surface area contributed by atoms with Crippen molar-refractivity contribution < 1.29 is 28.5 Å². The number of hydrogen-bond acceptors (Lipinski definition) is 7. The largest absolute Gasteiger partial charge is 0.497 e. The van der Waals surface area contributed by atoms with Gasteiger partial charge in [0, 0.05) is 4.47 Å². The van der Waals surface area contributed by atoms with Gasteiger partial charge in [0.1, 0.15) is 11.5 Å². The fourth-order valence-electron chi connectivity index (χ4n) is 2.77. The van der Waals surface area contributed by atoms with E-state index in [1.54, 1.807) is 54.6 Å². The van der Waals surface area contributed by atoms with Gasteiger partial charge in [-0.15, -0.1) is 0 Å². The molecule has 8 nitrogen and oxygen atoms in total. The predicted octanol–water partition coefficient (Wildman–Crippen LogP) is 5.74. The minimum absolute atomic E-state index is 0.237. The molecule has 1 N–H and O–H groups in total. The van der Waals surface area contributed by atoms with E-state index in [2.05, 4.69) is 58.3 Å². The summed E-state index contributed by atoms with van der Waals surface area (Å²) in [5, 5.41) is 3.93. The van der Waals surface area contributed by atoms with Crippen LogP contribution in [0.5, 0.6) is 23.0 Å². The van der Waals surface area contributed by atoms with Gasteiger partial charge < -0.3 is 18.9 Å². The number of nitrogens with zero attached hydrogens (tertiary/aromatic N) is 1. The van der Waals surface area contributed by atoms with Crippen LogP contribution < -0.4 is 24.4 Å². The number of halogens is 3. The maximum absolute atomic E-state index is 12.5. The van der Waals surface area contributed by atoms with Gasteiger partial charge in [-0.05, 0) is 86.0 Å². The van der Waals surface area contributed by atoms with Crippen LogP contribution in [0.2, 0.25) is 0 Å². The van der Waals surface area contributed by atoms with Crippen molar-refractivity contribution in [2.75, 3.05) is 20.8 Å². The number of ether oxygens (including phenoxy) is 4. The molecule has 0 bridgehead atoms. The zero-order chi connectivity index (χ0) is 25.4. The molecule has 1 amide bonds. The third-order valence-electron chi connectivity index (χ3n) is 4.41. The highest BCUT2D eigenvalue weighted by Crippen LogP contribution is 2.36. The number of carbonyl (C=O) groups is 2. The van der Waals surface area contributed by atoms with Crippen LogP contribution >= 0.6 is 47.8 Å². The van der Waals surface area contributed by atoms with Crippen molar-refractivity contribution in [1.82, 2.24) is 5.43 Å². The molecule has 3 aromatic rings. The van der Waals surface area contributed by atoms with Crippen LogP contribution in [-0.4, -0.2) is 38.9 Å². The molecule has 182 valence electrons. The first-order valence-corrected chi connectivity index (χ1v) is 12.3. The van der Waals surface area contributed by atoms with E-state index < -0.39 is 11.9 Å². The van der Waals surface area contributed by atoms with Crippen LogP contribution in [0, 0.1) is 0 Å². The summed E-state index contributed by atoms with van der Waals surface area (Å²) in [4.78, 5) is 24.6. The summed E-state index contributed by atoms with van der Waals surface area (Å²) in [6.07, 6.45) is 1.43. The fraction of sp³-hybridized carbons (Fsp3) is 0.125. The highest BCUT2D eigenvalue weighted by molar-refractivity contribution is 9.11. The van der Waals surface area contributed by atoms with Crippen LogP contribution in [0.25, 0.3) is 0 Å². The number of carbonyl (C=O) groups excluding carboxylic acids is 2. The van der Waals surface area contributed by atoms with Crippen molar-refractivity contribution in [3.05, 3.63) is 79.1 Å². The molecule has 35 heavy (non-hydrogen) atoms. The Labute approximate surface area is 227 Å². The van der Waals surface area contributed by atoms with Gasteiger partial charge in [0.05, 0.1) is 34.9 Å². The number of rotatable bonds is 9. The fourth-order valence-corrected chi connectivity index (χ4v) is 5.26. The second-order valence-corrected chi connectivity index (χ2v) is 9.44. The van der Waals surface area contributed by atoms with Gasteiger partial charge in [-0.3, -0.25) is 4.79 Å². The van der Waals surface area contributed by atoms with E-state index in [1.165, 1.54) is 20.4 Å². The third kappa shape index (κ3) is 7.55. The van der Waals surface area contributed by atoms with E-state index >= 15 is 0 Å². The number of benzene rings is 3. The quantitative estimate of drug-likeness (QED) is 0.135. The van der Waals surface area contributed by atoms with Crippen molar-refractivity contribution in [3.8, 4) is 23.0 Å². The average molecular weight is 671 g/mol. The minimum Gasteiger partial charge on any atom is -0.497 e. The summed E-state index contributed by atoms with van der Waals surface area (Å²) in [5.41, 5.74) is 3.35.